The smallest absolute Gasteiger partial charge is 0.152 e. The van der Waals surface area contributed by atoms with Crippen LogP contribution in [0.1, 0.15) is 72.6 Å². The Hall–Kier alpha value is -1.44. The van der Waals surface area contributed by atoms with Gasteiger partial charge in [-0.15, -0.1) is 0 Å². The first kappa shape index (κ1) is 21.9. The Morgan fingerprint density at radius 2 is 1.38 bits per heavy atom. The lowest BCUT2D eigenvalue weighted by atomic mass is 10.2. The Kier molecular flexibility index (Phi) is 19.3. The van der Waals surface area contributed by atoms with Gasteiger partial charge in [0.1, 0.15) is 5.78 Å². The zero-order chi connectivity index (χ0) is 16.3. The first-order chi connectivity index (χ1) is 10.0. The molecule has 0 N–H and O–H groups in total. The van der Waals surface area contributed by atoms with Crippen molar-refractivity contribution in [3.8, 4) is 0 Å². The summed E-state index contributed by atoms with van der Waals surface area (Å²) in [7, 11) is 0. The van der Waals surface area contributed by atoms with Gasteiger partial charge in [-0.05, 0) is 32.8 Å². The monoisotopic (exact) mass is 292 g/mol. The standard InChI is InChI=1S/C10H16O.C9H16O/c1-3-4-5-6-7-8-9-10(2)11;1-3-4-5-6-7-8-9(2)10/h6-9H,3-5H2,1-2H3;6-7H,3-5,8H2,1-2H3/b7-6-,9-8+;7-6+. The maximum absolute atomic E-state index is 10.4. The molecule has 0 heterocycles. The Balaban J connectivity index is 0. The molecule has 120 valence electrons. The number of hydrogen-bond donors (Lipinski definition) is 0. The van der Waals surface area contributed by atoms with Crippen molar-refractivity contribution in [2.24, 2.45) is 0 Å². The van der Waals surface area contributed by atoms with Crippen molar-refractivity contribution in [1.82, 2.24) is 0 Å². The molecule has 0 aromatic carbocycles. The fourth-order valence-electron chi connectivity index (χ4n) is 1.38. The van der Waals surface area contributed by atoms with Crippen molar-refractivity contribution in [3.63, 3.8) is 0 Å². The first-order valence-corrected chi connectivity index (χ1v) is 8.02. The van der Waals surface area contributed by atoms with Gasteiger partial charge in [-0.25, -0.2) is 0 Å². The fraction of sp³-hybridized carbons (Fsp3) is 0.579. The molecule has 0 spiro atoms. The van der Waals surface area contributed by atoms with E-state index >= 15 is 0 Å². The molecular formula is C19H32O2. The van der Waals surface area contributed by atoms with E-state index in [1.807, 2.05) is 12.2 Å². The van der Waals surface area contributed by atoms with Crippen LogP contribution in [0, 0.1) is 0 Å². The number of carbonyl (C=O) groups excluding carboxylic acids is 2. The van der Waals surface area contributed by atoms with Crippen LogP contribution in [0.4, 0.5) is 0 Å². The van der Waals surface area contributed by atoms with E-state index < -0.39 is 0 Å². The van der Waals surface area contributed by atoms with Crippen molar-refractivity contribution in [3.05, 3.63) is 36.5 Å². The summed E-state index contributed by atoms with van der Waals surface area (Å²) in [6.07, 6.45) is 19.2. The minimum Gasteiger partial charge on any atom is -0.300 e. The molecule has 0 aromatic rings. The Bertz CT molecular complexity index is 335. The molecule has 0 atom stereocenters. The van der Waals surface area contributed by atoms with Crippen LogP contribution >= 0.6 is 0 Å². The Labute approximate surface area is 131 Å². The molecule has 0 aliphatic rings. The number of rotatable bonds is 10. The van der Waals surface area contributed by atoms with Crippen LogP contribution in [-0.2, 0) is 9.59 Å². The van der Waals surface area contributed by atoms with Gasteiger partial charge in [0.15, 0.2) is 5.78 Å². The van der Waals surface area contributed by atoms with Gasteiger partial charge in [0.05, 0.1) is 0 Å². The highest BCUT2D eigenvalue weighted by Gasteiger charge is 1.84. The summed E-state index contributed by atoms with van der Waals surface area (Å²) in [6, 6.07) is 0. The number of carbonyl (C=O) groups is 2. The van der Waals surface area contributed by atoms with Gasteiger partial charge in [-0.2, -0.15) is 0 Å². The average molecular weight is 292 g/mol. The second-order valence-corrected chi connectivity index (χ2v) is 5.06. The fourth-order valence-corrected chi connectivity index (χ4v) is 1.38. The topological polar surface area (TPSA) is 34.1 Å². The average Bonchev–Trinajstić information content (AvgIpc) is 2.42. The summed E-state index contributed by atoms with van der Waals surface area (Å²) in [4.78, 5) is 20.8. The lowest BCUT2D eigenvalue weighted by Crippen LogP contribution is -1.83. The van der Waals surface area contributed by atoms with E-state index in [-0.39, 0.29) is 11.6 Å². The maximum Gasteiger partial charge on any atom is 0.152 e. The van der Waals surface area contributed by atoms with Crippen LogP contribution < -0.4 is 0 Å². The molecular weight excluding hydrogens is 260 g/mol. The number of hydrogen-bond acceptors (Lipinski definition) is 2. The molecule has 0 aliphatic carbocycles. The summed E-state index contributed by atoms with van der Waals surface area (Å²) in [5.74, 6) is 0.345. The minimum absolute atomic E-state index is 0.102. The molecule has 0 saturated heterocycles. The number of allylic oxidation sites excluding steroid dienone is 6. The predicted molar refractivity (Wildman–Crippen MR) is 92.4 cm³/mol. The van der Waals surface area contributed by atoms with E-state index in [1.54, 1.807) is 26.0 Å². The summed E-state index contributed by atoms with van der Waals surface area (Å²) in [5, 5.41) is 0. The molecule has 0 aromatic heterocycles. The molecule has 0 saturated carbocycles. The number of unbranched alkanes of at least 4 members (excludes halogenated alkanes) is 4. The highest BCUT2D eigenvalue weighted by Crippen LogP contribution is 1.96. The summed E-state index contributed by atoms with van der Waals surface area (Å²) < 4.78 is 0. The largest absolute Gasteiger partial charge is 0.300 e. The predicted octanol–water partition coefficient (Wildman–Crippen LogP) is 5.59. The van der Waals surface area contributed by atoms with Gasteiger partial charge < -0.3 is 0 Å². The third-order valence-electron chi connectivity index (χ3n) is 2.60. The summed E-state index contributed by atoms with van der Waals surface area (Å²) in [5.41, 5.74) is 0. The quantitative estimate of drug-likeness (QED) is 0.228. The van der Waals surface area contributed by atoms with E-state index in [0.29, 0.717) is 6.42 Å². The first-order valence-electron chi connectivity index (χ1n) is 8.02. The van der Waals surface area contributed by atoms with Crippen molar-refractivity contribution < 1.29 is 9.59 Å². The zero-order valence-electron chi connectivity index (χ0n) is 14.2. The SMILES string of the molecule is CCCC/C=C/CC(C)=O.CCCC/C=C\C=C\C(C)=O. The van der Waals surface area contributed by atoms with Crippen molar-refractivity contribution in [1.29, 1.82) is 0 Å². The van der Waals surface area contributed by atoms with Crippen LogP contribution in [-0.4, -0.2) is 11.6 Å². The van der Waals surface area contributed by atoms with E-state index in [4.69, 9.17) is 0 Å². The Morgan fingerprint density at radius 1 is 0.810 bits per heavy atom. The second kappa shape index (κ2) is 18.6. The Morgan fingerprint density at radius 3 is 1.86 bits per heavy atom. The van der Waals surface area contributed by atoms with Gasteiger partial charge >= 0.3 is 0 Å². The number of Topliss-reactive ketones (excluding diaryl/α,β-unsaturated/α-hetero) is 1. The lowest BCUT2D eigenvalue weighted by molar-refractivity contribution is -0.116. The van der Waals surface area contributed by atoms with Gasteiger partial charge in [0.25, 0.3) is 0 Å². The third-order valence-corrected chi connectivity index (χ3v) is 2.60. The van der Waals surface area contributed by atoms with Gasteiger partial charge in [0.2, 0.25) is 0 Å². The highest BCUT2D eigenvalue weighted by molar-refractivity contribution is 5.87. The van der Waals surface area contributed by atoms with Crippen molar-refractivity contribution in [2.75, 3.05) is 0 Å². The molecule has 2 heteroatoms. The van der Waals surface area contributed by atoms with E-state index in [1.165, 1.54) is 25.7 Å². The van der Waals surface area contributed by atoms with Crippen LogP contribution in [0.5, 0.6) is 0 Å². The summed E-state index contributed by atoms with van der Waals surface area (Å²) in [6.45, 7) is 7.50. The lowest BCUT2D eigenvalue weighted by Gasteiger charge is -1.87. The molecule has 0 radical (unpaired) electrons. The highest BCUT2D eigenvalue weighted by atomic mass is 16.1. The molecule has 0 bridgehead atoms. The van der Waals surface area contributed by atoms with Gasteiger partial charge in [-0.3, -0.25) is 9.59 Å². The molecule has 0 aliphatic heterocycles. The van der Waals surface area contributed by atoms with Crippen LogP contribution in [0.25, 0.3) is 0 Å². The normalized spacial score (nSPS) is 11.0. The molecule has 0 amide bonds. The van der Waals surface area contributed by atoms with Crippen LogP contribution in [0.15, 0.2) is 36.5 Å². The van der Waals surface area contributed by atoms with Gasteiger partial charge in [-0.1, -0.05) is 69.9 Å². The van der Waals surface area contributed by atoms with Crippen molar-refractivity contribution >= 4 is 11.6 Å². The third kappa shape index (κ3) is 27.7. The van der Waals surface area contributed by atoms with E-state index in [9.17, 15) is 9.59 Å². The molecule has 0 rings (SSSR count). The van der Waals surface area contributed by atoms with Crippen molar-refractivity contribution in [2.45, 2.75) is 72.6 Å². The summed E-state index contributed by atoms with van der Waals surface area (Å²) >= 11 is 0. The molecule has 21 heavy (non-hydrogen) atoms. The van der Waals surface area contributed by atoms with E-state index in [0.717, 1.165) is 12.8 Å². The molecule has 2 nitrogen and oxygen atoms in total. The minimum atomic E-state index is 0.102. The molecule has 0 unspecified atom stereocenters. The van der Waals surface area contributed by atoms with E-state index in [2.05, 4.69) is 26.0 Å². The van der Waals surface area contributed by atoms with Crippen LogP contribution in [0.3, 0.4) is 0 Å². The molecule has 0 fully saturated rings. The van der Waals surface area contributed by atoms with Gasteiger partial charge in [0, 0.05) is 6.42 Å². The zero-order valence-corrected chi connectivity index (χ0v) is 14.2. The van der Waals surface area contributed by atoms with Crippen LogP contribution in [0.2, 0.25) is 0 Å². The maximum atomic E-state index is 10.4. The second-order valence-electron chi connectivity index (χ2n) is 5.06. The number of ketones is 2.